The maximum Gasteiger partial charge on any atom is 0.417 e. The van der Waals surface area contributed by atoms with Crippen LogP contribution in [0.2, 0.25) is 0 Å². The smallest absolute Gasteiger partial charge is 0.309 e. The fraction of sp³-hybridized carbons (Fsp3) is 0.105. The van der Waals surface area contributed by atoms with Gasteiger partial charge in [-0.05, 0) is 88.5 Å². The van der Waals surface area contributed by atoms with E-state index < -0.39 is 110 Å². The molecule has 2 heterocycles. The van der Waals surface area contributed by atoms with Crippen molar-refractivity contribution in [2.75, 3.05) is 0 Å². The Bertz CT molecular complexity index is 3760. The van der Waals surface area contributed by atoms with Crippen LogP contribution in [-0.4, -0.2) is 19.5 Å². The molecule has 79 heavy (non-hydrogen) atoms. The predicted octanol–water partition coefficient (Wildman–Crippen LogP) is 19.1. The van der Waals surface area contributed by atoms with Gasteiger partial charge in [0.15, 0.2) is 17.5 Å². The van der Waals surface area contributed by atoms with Crippen molar-refractivity contribution >= 4 is 21.8 Å². The molecule has 8 aromatic carbocycles. The van der Waals surface area contributed by atoms with Gasteiger partial charge < -0.3 is 4.57 Å². The highest BCUT2D eigenvalue weighted by Gasteiger charge is 2.41. The second-order valence-electron chi connectivity index (χ2n) is 17.9. The molecule has 0 aliphatic carbocycles. The zero-order chi connectivity index (χ0) is 56.8. The minimum atomic E-state index is -5.45. The van der Waals surface area contributed by atoms with Gasteiger partial charge in [0, 0.05) is 33.0 Å². The SMILES string of the molecule is FC(F)(F)c1cc(-c2ccc(-c3nc(-c4ccccc4)nc(-c4ccccc4)n3)cc2-n2c3cc(-c4ccc(C(F)(F)F)cc4C(F)(F)F)ccc3c3ccc(-c4ccc(C(F)(F)F)cc4C(F)(F)F)cc32)cc(C(F)(F)F)c1. The summed E-state index contributed by atoms with van der Waals surface area (Å²) in [7, 11) is 0. The van der Waals surface area contributed by atoms with E-state index in [9.17, 15) is 79.0 Å². The van der Waals surface area contributed by atoms with E-state index in [1.54, 1.807) is 60.7 Å². The zero-order valence-electron chi connectivity index (χ0n) is 39.3. The summed E-state index contributed by atoms with van der Waals surface area (Å²) in [5.74, 6) is -0.0623. The summed E-state index contributed by atoms with van der Waals surface area (Å²) >= 11 is 0. The Balaban J connectivity index is 1.36. The third-order valence-electron chi connectivity index (χ3n) is 12.8. The maximum absolute atomic E-state index is 14.8. The number of nitrogens with zero attached hydrogens (tertiary/aromatic N) is 4. The Morgan fingerprint density at radius 3 is 1.01 bits per heavy atom. The molecule has 10 rings (SSSR count). The molecule has 0 aliphatic heterocycles. The van der Waals surface area contributed by atoms with Crippen LogP contribution in [0.3, 0.4) is 0 Å². The lowest BCUT2D eigenvalue weighted by atomic mass is 9.95. The van der Waals surface area contributed by atoms with E-state index in [0.717, 1.165) is 34.9 Å². The highest BCUT2D eigenvalue weighted by atomic mass is 19.4. The van der Waals surface area contributed by atoms with Gasteiger partial charge >= 0.3 is 37.1 Å². The van der Waals surface area contributed by atoms with Crippen molar-refractivity contribution in [3.8, 4) is 73.2 Å². The van der Waals surface area contributed by atoms with E-state index >= 15 is 0 Å². The fourth-order valence-electron chi connectivity index (χ4n) is 9.17. The molecule has 0 saturated carbocycles. The molecule has 0 saturated heterocycles. The van der Waals surface area contributed by atoms with Crippen LogP contribution in [0.1, 0.15) is 33.4 Å². The van der Waals surface area contributed by atoms with E-state index in [1.165, 1.54) is 24.3 Å². The number of aromatic nitrogens is 4. The molecule has 2 aromatic heterocycles. The van der Waals surface area contributed by atoms with Crippen LogP contribution in [0.15, 0.2) is 170 Å². The number of hydrogen-bond acceptors (Lipinski definition) is 3. The lowest BCUT2D eigenvalue weighted by Gasteiger charge is -2.20. The standard InChI is InChI=1S/C57H28F18N4/c58-52(59,60)35-14-19-39(44(27-35)56(70,71)72)31-11-17-42-43-18-12-32(40-20-15-36(53(61,62)63)28-45(40)57(73,74)75)24-48(43)79(47(42)23-31)46-25-33(13-16-41(46)34-21-37(54(64,65)66)26-38(22-34)55(67,68)69)51-77-49(29-7-3-1-4-8-29)76-50(78-51)30-9-5-2-6-10-30/h1-28H. The van der Waals surface area contributed by atoms with Crippen molar-refractivity contribution in [1.29, 1.82) is 0 Å². The van der Waals surface area contributed by atoms with Crippen LogP contribution in [-0.2, 0) is 37.1 Å². The zero-order valence-corrected chi connectivity index (χ0v) is 39.3. The van der Waals surface area contributed by atoms with E-state index in [4.69, 9.17) is 0 Å². The topological polar surface area (TPSA) is 43.6 Å². The highest BCUT2D eigenvalue weighted by Crippen LogP contribution is 2.48. The van der Waals surface area contributed by atoms with Crippen molar-refractivity contribution in [2.45, 2.75) is 37.1 Å². The second kappa shape index (κ2) is 19.0. The molecule has 402 valence electrons. The average molecular weight is 1110 g/mol. The van der Waals surface area contributed by atoms with Gasteiger partial charge in [0.25, 0.3) is 0 Å². The summed E-state index contributed by atoms with van der Waals surface area (Å²) in [4.78, 5) is 13.9. The third-order valence-corrected chi connectivity index (χ3v) is 12.8. The molecule has 0 spiro atoms. The Morgan fingerprint density at radius 1 is 0.266 bits per heavy atom. The van der Waals surface area contributed by atoms with Gasteiger partial charge in [0.1, 0.15) is 0 Å². The van der Waals surface area contributed by atoms with Crippen LogP contribution >= 0.6 is 0 Å². The van der Waals surface area contributed by atoms with Gasteiger partial charge in [-0.1, -0.05) is 109 Å². The van der Waals surface area contributed by atoms with Gasteiger partial charge in [-0.2, -0.15) is 79.0 Å². The Hall–Kier alpha value is -8.69. The minimum Gasteiger partial charge on any atom is -0.309 e. The van der Waals surface area contributed by atoms with Gasteiger partial charge in [-0.15, -0.1) is 0 Å². The van der Waals surface area contributed by atoms with E-state index in [1.807, 2.05) is 0 Å². The Kier molecular flexibility index (Phi) is 12.9. The first-order chi connectivity index (χ1) is 36.9. The molecular weight excluding hydrogens is 1080 g/mol. The number of fused-ring (bicyclic) bond motifs is 3. The molecular formula is C57H28F18N4. The highest BCUT2D eigenvalue weighted by molar-refractivity contribution is 6.12. The molecule has 0 unspecified atom stereocenters. The van der Waals surface area contributed by atoms with Crippen LogP contribution in [0.5, 0.6) is 0 Å². The van der Waals surface area contributed by atoms with E-state index in [-0.39, 0.29) is 63.0 Å². The predicted molar refractivity (Wildman–Crippen MR) is 257 cm³/mol. The number of rotatable bonds is 7. The molecule has 0 amide bonds. The Morgan fingerprint density at radius 2 is 0.633 bits per heavy atom. The number of halogens is 18. The normalized spacial score (nSPS) is 12.9. The van der Waals surface area contributed by atoms with E-state index in [0.29, 0.717) is 47.5 Å². The van der Waals surface area contributed by atoms with Crippen LogP contribution < -0.4 is 0 Å². The monoisotopic (exact) mass is 1110 g/mol. The first kappa shape index (κ1) is 53.7. The van der Waals surface area contributed by atoms with Crippen LogP contribution in [0.4, 0.5) is 79.0 Å². The lowest BCUT2D eigenvalue weighted by molar-refractivity contribution is -0.144. The Labute approximate surface area is 432 Å². The van der Waals surface area contributed by atoms with Crippen LogP contribution in [0.25, 0.3) is 95.0 Å². The third kappa shape index (κ3) is 10.6. The molecule has 0 bridgehead atoms. The largest absolute Gasteiger partial charge is 0.417 e. The molecule has 0 N–H and O–H groups in total. The molecule has 22 heteroatoms. The first-order valence-electron chi connectivity index (χ1n) is 22.9. The lowest BCUT2D eigenvalue weighted by Crippen LogP contribution is -2.12. The first-order valence-corrected chi connectivity index (χ1v) is 22.9. The van der Waals surface area contributed by atoms with Gasteiger partial charge in [-0.3, -0.25) is 0 Å². The molecule has 0 aliphatic rings. The second-order valence-corrected chi connectivity index (χ2v) is 17.9. The minimum absolute atomic E-state index is 0.00324. The summed E-state index contributed by atoms with van der Waals surface area (Å²) in [5, 5.41) is 0.00648. The van der Waals surface area contributed by atoms with Crippen LogP contribution in [0, 0.1) is 0 Å². The van der Waals surface area contributed by atoms with E-state index in [2.05, 4.69) is 15.0 Å². The molecule has 0 fully saturated rings. The molecule has 0 radical (unpaired) electrons. The number of hydrogen-bond donors (Lipinski definition) is 0. The molecule has 10 aromatic rings. The summed E-state index contributed by atoms with van der Waals surface area (Å²) in [6.45, 7) is 0. The number of benzene rings is 8. The van der Waals surface area contributed by atoms with Crippen molar-refractivity contribution in [3.05, 3.63) is 203 Å². The quantitative estimate of drug-likeness (QED) is 0.149. The summed E-state index contributed by atoms with van der Waals surface area (Å²) in [6, 6.07) is 28.7. The average Bonchev–Trinajstić information content (AvgIpc) is 3.90. The van der Waals surface area contributed by atoms with Gasteiger partial charge in [0.2, 0.25) is 0 Å². The summed E-state index contributed by atoms with van der Waals surface area (Å²) in [5.41, 5.74) is -14.5. The van der Waals surface area contributed by atoms with Crippen molar-refractivity contribution in [1.82, 2.24) is 19.5 Å². The van der Waals surface area contributed by atoms with Crippen molar-refractivity contribution < 1.29 is 79.0 Å². The maximum atomic E-state index is 14.8. The van der Waals surface area contributed by atoms with Crippen molar-refractivity contribution in [3.63, 3.8) is 0 Å². The summed E-state index contributed by atoms with van der Waals surface area (Å²) < 4.78 is 261. The van der Waals surface area contributed by atoms with Crippen molar-refractivity contribution in [2.24, 2.45) is 0 Å². The molecule has 4 nitrogen and oxygen atoms in total. The van der Waals surface area contributed by atoms with Gasteiger partial charge in [0.05, 0.1) is 50.1 Å². The molecule has 0 atom stereocenters. The summed E-state index contributed by atoms with van der Waals surface area (Å²) in [6.07, 6.45) is -32.3. The number of alkyl halides is 18. The van der Waals surface area contributed by atoms with Gasteiger partial charge in [-0.25, -0.2) is 15.0 Å². The fourth-order valence-corrected chi connectivity index (χ4v) is 9.17.